The van der Waals surface area contributed by atoms with E-state index in [-0.39, 0.29) is 0 Å². The Morgan fingerprint density at radius 1 is 1.10 bits per heavy atom. The molecule has 0 saturated heterocycles. The van der Waals surface area contributed by atoms with Crippen LogP contribution in [0.1, 0.15) is 13.3 Å². The molecule has 2 N–H and O–H groups in total. The Morgan fingerprint density at radius 2 is 1.85 bits per heavy atom. The second kappa shape index (κ2) is 6.73. The highest BCUT2D eigenvalue weighted by molar-refractivity contribution is 6.42. The fourth-order valence-electron chi connectivity index (χ4n) is 1.65. The van der Waals surface area contributed by atoms with Gasteiger partial charge in [-0.05, 0) is 18.6 Å². The van der Waals surface area contributed by atoms with Crippen LogP contribution in [0.5, 0.6) is 17.2 Å². The molecule has 0 radical (unpaired) electrons. The van der Waals surface area contributed by atoms with Crippen molar-refractivity contribution >= 4 is 28.9 Å². The first kappa shape index (κ1) is 14.8. The number of hydrogen-bond acceptors (Lipinski definition) is 3. The van der Waals surface area contributed by atoms with E-state index in [1.807, 2.05) is 6.92 Å². The Balaban J connectivity index is 2.24. The molecule has 5 heteroatoms. The number of rotatable bonds is 5. The number of nitrogen functional groups attached to an aromatic ring is 1. The summed E-state index contributed by atoms with van der Waals surface area (Å²) in [5.41, 5.74) is 6.40. The third-order valence-electron chi connectivity index (χ3n) is 2.52. The maximum absolute atomic E-state index is 6.09. The average molecular weight is 312 g/mol. The van der Waals surface area contributed by atoms with E-state index in [4.69, 9.17) is 38.4 Å². The van der Waals surface area contributed by atoms with Crippen molar-refractivity contribution in [3.63, 3.8) is 0 Å². The van der Waals surface area contributed by atoms with Gasteiger partial charge in [0.1, 0.15) is 22.3 Å². The van der Waals surface area contributed by atoms with Crippen molar-refractivity contribution in [2.45, 2.75) is 13.3 Å². The van der Waals surface area contributed by atoms with Crippen LogP contribution in [0.4, 0.5) is 5.69 Å². The summed E-state index contributed by atoms with van der Waals surface area (Å²) in [7, 11) is 0. The number of hydrogen-bond donors (Lipinski definition) is 1. The lowest BCUT2D eigenvalue weighted by Crippen LogP contribution is -1.97. The lowest BCUT2D eigenvalue weighted by Gasteiger charge is -2.11. The molecule has 0 saturated carbocycles. The zero-order valence-corrected chi connectivity index (χ0v) is 12.5. The van der Waals surface area contributed by atoms with Gasteiger partial charge in [0.15, 0.2) is 0 Å². The molecule has 0 fully saturated rings. The fraction of sp³-hybridized carbons (Fsp3) is 0.200. The van der Waals surface area contributed by atoms with Crippen molar-refractivity contribution < 1.29 is 9.47 Å². The average Bonchev–Trinajstić information content (AvgIpc) is 2.41. The molecular formula is C15H15Cl2NO2. The molecule has 2 rings (SSSR count). The predicted octanol–water partition coefficient (Wildman–Crippen LogP) is 5.16. The molecule has 20 heavy (non-hydrogen) atoms. The molecule has 0 spiro atoms. The number of ether oxygens (including phenoxy) is 2. The van der Waals surface area contributed by atoms with Crippen molar-refractivity contribution in [2.75, 3.05) is 12.3 Å². The Labute approximate surface area is 128 Å². The Hall–Kier alpha value is -1.58. The molecule has 0 bridgehead atoms. The van der Waals surface area contributed by atoms with Crippen LogP contribution in [0.3, 0.4) is 0 Å². The molecule has 0 unspecified atom stereocenters. The summed E-state index contributed by atoms with van der Waals surface area (Å²) in [6, 6.07) is 10.4. The summed E-state index contributed by atoms with van der Waals surface area (Å²) in [5.74, 6) is 1.70. The quantitative estimate of drug-likeness (QED) is 0.776. The minimum atomic E-state index is 0.368. The van der Waals surface area contributed by atoms with Gasteiger partial charge in [-0.2, -0.15) is 0 Å². The fourth-order valence-corrected chi connectivity index (χ4v) is 1.98. The van der Waals surface area contributed by atoms with Crippen LogP contribution in [0.25, 0.3) is 0 Å². The highest BCUT2D eigenvalue weighted by atomic mass is 35.5. The van der Waals surface area contributed by atoms with E-state index in [2.05, 4.69) is 0 Å². The summed E-state index contributed by atoms with van der Waals surface area (Å²) >= 11 is 12.0. The summed E-state index contributed by atoms with van der Waals surface area (Å²) < 4.78 is 11.3. The highest BCUT2D eigenvalue weighted by Crippen LogP contribution is 2.36. The third-order valence-corrected chi connectivity index (χ3v) is 3.32. The zero-order chi connectivity index (χ0) is 14.5. The molecular weight excluding hydrogens is 297 g/mol. The van der Waals surface area contributed by atoms with Crippen LogP contribution in [0, 0.1) is 0 Å². The molecule has 2 aromatic rings. The molecule has 0 amide bonds. The largest absolute Gasteiger partial charge is 0.493 e. The second-order valence-electron chi connectivity index (χ2n) is 4.24. The lowest BCUT2D eigenvalue weighted by molar-refractivity contribution is 0.316. The Bertz CT molecular complexity index is 602. The Morgan fingerprint density at radius 3 is 2.60 bits per heavy atom. The standard InChI is InChI=1S/C15H15Cl2NO2/c1-2-6-19-11-7-10(18)8-12(9-11)20-14-5-3-4-13(16)15(14)17/h3-5,7-9H,2,6,18H2,1H3. The molecule has 0 heterocycles. The van der Waals surface area contributed by atoms with Crippen LogP contribution in [-0.4, -0.2) is 6.61 Å². The molecule has 0 aliphatic heterocycles. The zero-order valence-electron chi connectivity index (χ0n) is 11.0. The molecule has 3 nitrogen and oxygen atoms in total. The van der Waals surface area contributed by atoms with Gasteiger partial charge >= 0.3 is 0 Å². The second-order valence-corrected chi connectivity index (χ2v) is 5.03. The number of nitrogens with two attached hydrogens (primary N) is 1. The third kappa shape index (κ3) is 3.71. The molecule has 0 aliphatic carbocycles. The maximum Gasteiger partial charge on any atom is 0.147 e. The van der Waals surface area contributed by atoms with Gasteiger partial charge in [0.2, 0.25) is 0 Å². The molecule has 106 valence electrons. The monoisotopic (exact) mass is 311 g/mol. The van der Waals surface area contributed by atoms with E-state index in [1.165, 1.54) is 0 Å². The summed E-state index contributed by atoms with van der Waals surface area (Å²) in [6.45, 7) is 2.66. The number of anilines is 1. The van der Waals surface area contributed by atoms with Crippen molar-refractivity contribution in [1.29, 1.82) is 0 Å². The van der Waals surface area contributed by atoms with Crippen molar-refractivity contribution in [1.82, 2.24) is 0 Å². The lowest BCUT2D eigenvalue weighted by atomic mass is 10.3. The van der Waals surface area contributed by atoms with Crippen LogP contribution in [0.15, 0.2) is 36.4 Å². The predicted molar refractivity (Wildman–Crippen MR) is 83.2 cm³/mol. The van der Waals surface area contributed by atoms with Gasteiger partial charge in [0, 0.05) is 23.9 Å². The number of halogens is 2. The van der Waals surface area contributed by atoms with Crippen LogP contribution < -0.4 is 15.2 Å². The van der Waals surface area contributed by atoms with E-state index in [0.29, 0.717) is 39.6 Å². The molecule has 2 aromatic carbocycles. The minimum absolute atomic E-state index is 0.368. The van der Waals surface area contributed by atoms with Crippen molar-refractivity contribution in [3.8, 4) is 17.2 Å². The molecule has 0 aromatic heterocycles. The highest BCUT2D eigenvalue weighted by Gasteiger charge is 2.08. The van der Waals surface area contributed by atoms with Gasteiger partial charge in [-0.25, -0.2) is 0 Å². The van der Waals surface area contributed by atoms with E-state index in [9.17, 15) is 0 Å². The number of benzene rings is 2. The van der Waals surface area contributed by atoms with Gasteiger partial charge in [-0.1, -0.05) is 36.2 Å². The normalized spacial score (nSPS) is 10.3. The van der Waals surface area contributed by atoms with Crippen LogP contribution >= 0.6 is 23.2 Å². The van der Waals surface area contributed by atoms with Crippen LogP contribution in [0.2, 0.25) is 10.0 Å². The van der Waals surface area contributed by atoms with E-state index in [1.54, 1.807) is 36.4 Å². The maximum atomic E-state index is 6.09. The molecule has 0 aliphatic rings. The Kier molecular flexibility index (Phi) is 4.99. The van der Waals surface area contributed by atoms with Gasteiger partial charge in [-0.15, -0.1) is 0 Å². The first-order valence-corrected chi connectivity index (χ1v) is 7.01. The van der Waals surface area contributed by atoms with Crippen molar-refractivity contribution in [3.05, 3.63) is 46.4 Å². The van der Waals surface area contributed by atoms with Gasteiger partial charge < -0.3 is 15.2 Å². The first-order valence-electron chi connectivity index (χ1n) is 6.25. The van der Waals surface area contributed by atoms with E-state index in [0.717, 1.165) is 6.42 Å². The topological polar surface area (TPSA) is 44.5 Å². The SMILES string of the molecule is CCCOc1cc(N)cc(Oc2cccc(Cl)c2Cl)c1. The first-order chi connectivity index (χ1) is 9.60. The summed E-state index contributed by atoms with van der Waals surface area (Å²) in [5, 5.41) is 0.808. The van der Waals surface area contributed by atoms with Crippen molar-refractivity contribution in [2.24, 2.45) is 0 Å². The summed E-state index contributed by atoms with van der Waals surface area (Å²) in [4.78, 5) is 0. The summed E-state index contributed by atoms with van der Waals surface area (Å²) in [6.07, 6.45) is 0.922. The smallest absolute Gasteiger partial charge is 0.147 e. The van der Waals surface area contributed by atoms with Gasteiger partial charge in [0.25, 0.3) is 0 Å². The van der Waals surface area contributed by atoms with E-state index < -0.39 is 0 Å². The van der Waals surface area contributed by atoms with Crippen LogP contribution in [-0.2, 0) is 0 Å². The van der Waals surface area contributed by atoms with Gasteiger partial charge in [-0.3, -0.25) is 0 Å². The van der Waals surface area contributed by atoms with E-state index >= 15 is 0 Å². The van der Waals surface area contributed by atoms with Gasteiger partial charge in [0.05, 0.1) is 11.6 Å². The minimum Gasteiger partial charge on any atom is -0.493 e. The molecule has 0 atom stereocenters.